The molecule has 0 aliphatic carbocycles. The number of rotatable bonds is 4. The number of carbonyl (C=O) groups excluding carboxylic acids is 1. The first-order valence-corrected chi connectivity index (χ1v) is 8.18. The van der Waals surface area contributed by atoms with Crippen molar-refractivity contribution in [2.45, 2.75) is 33.1 Å². The van der Waals surface area contributed by atoms with Gasteiger partial charge in [0.05, 0.1) is 18.2 Å². The number of benzene rings is 1. The molecule has 0 spiro atoms. The molecule has 2 N–H and O–H groups in total. The van der Waals surface area contributed by atoms with Gasteiger partial charge in [-0.3, -0.25) is 4.79 Å². The standard InChI is InChI=1S/C16H23BrN2O2/c1-4-16(6-5-7-18-10-16)15(20)19-14-11(2)8-12(17)9-13(14)21-3/h8-9,18H,4-7,10H2,1-3H3,(H,19,20). The normalized spacial score (nSPS) is 21.9. The van der Waals surface area contributed by atoms with Crippen molar-refractivity contribution in [3.8, 4) is 5.75 Å². The van der Waals surface area contributed by atoms with Crippen LogP contribution in [0.15, 0.2) is 16.6 Å². The molecule has 1 aliphatic rings. The Kier molecular flexibility index (Phi) is 5.27. The maximum Gasteiger partial charge on any atom is 0.231 e. The molecule has 1 heterocycles. The van der Waals surface area contributed by atoms with E-state index in [0.29, 0.717) is 5.75 Å². The summed E-state index contributed by atoms with van der Waals surface area (Å²) >= 11 is 3.45. The average Bonchev–Trinajstić information content (AvgIpc) is 2.50. The first-order valence-electron chi connectivity index (χ1n) is 7.39. The fourth-order valence-electron chi connectivity index (χ4n) is 2.90. The molecule has 2 rings (SSSR count). The van der Waals surface area contributed by atoms with E-state index in [2.05, 4.69) is 33.5 Å². The number of ether oxygens (including phenoxy) is 1. The molecule has 21 heavy (non-hydrogen) atoms. The average molecular weight is 355 g/mol. The lowest BCUT2D eigenvalue weighted by atomic mass is 9.77. The van der Waals surface area contributed by atoms with Gasteiger partial charge in [0, 0.05) is 11.0 Å². The molecule has 1 aromatic carbocycles. The molecule has 0 radical (unpaired) electrons. The molecule has 1 aromatic rings. The largest absolute Gasteiger partial charge is 0.495 e. The summed E-state index contributed by atoms with van der Waals surface area (Å²) in [5, 5.41) is 6.44. The zero-order valence-electron chi connectivity index (χ0n) is 12.9. The molecule has 1 saturated heterocycles. The van der Waals surface area contributed by atoms with Crippen LogP contribution in [0.5, 0.6) is 5.75 Å². The number of aryl methyl sites for hydroxylation is 1. The second-order valence-electron chi connectivity index (χ2n) is 5.67. The fraction of sp³-hybridized carbons (Fsp3) is 0.562. The molecule has 1 amide bonds. The Bertz CT molecular complexity index is 525. The van der Waals surface area contributed by atoms with Crippen molar-refractivity contribution in [2.75, 3.05) is 25.5 Å². The summed E-state index contributed by atoms with van der Waals surface area (Å²) < 4.78 is 6.35. The minimum Gasteiger partial charge on any atom is -0.495 e. The number of anilines is 1. The van der Waals surface area contributed by atoms with Gasteiger partial charge in [-0.15, -0.1) is 0 Å². The number of carbonyl (C=O) groups is 1. The van der Waals surface area contributed by atoms with Crippen LogP contribution in [0.2, 0.25) is 0 Å². The van der Waals surface area contributed by atoms with Crippen LogP contribution < -0.4 is 15.4 Å². The molecule has 1 atom stereocenters. The Hall–Kier alpha value is -1.07. The van der Waals surface area contributed by atoms with E-state index in [1.54, 1.807) is 7.11 Å². The topological polar surface area (TPSA) is 50.4 Å². The fourth-order valence-corrected chi connectivity index (χ4v) is 3.45. The molecule has 0 bridgehead atoms. The third kappa shape index (κ3) is 3.40. The van der Waals surface area contributed by atoms with E-state index in [1.807, 2.05) is 19.1 Å². The van der Waals surface area contributed by atoms with Crippen molar-refractivity contribution >= 4 is 27.5 Å². The van der Waals surface area contributed by atoms with E-state index in [4.69, 9.17) is 4.74 Å². The van der Waals surface area contributed by atoms with Gasteiger partial charge in [0.15, 0.2) is 0 Å². The van der Waals surface area contributed by atoms with Crippen molar-refractivity contribution in [2.24, 2.45) is 5.41 Å². The highest BCUT2D eigenvalue weighted by molar-refractivity contribution is 9.10. The van der Waals surface area contributed by atoms with Crippen LogP contribution in [-0.4, -0.2) is 26.1 Å². The van der Waals surface area contributed by atoms with Gasteiger partial charge < -0.3 is 15.4 Å². The summed E-state index contributed by atoms with van der Waals surface area (Å²) in [6.07, 6.45) is 2.81. The Labute approximate surface area is 134 Å². The summed E-state index contributed by atoms with van der Waals surface area (Å²) in [6.45, 7) is 5.79. The molecule has 4 nitrogen and oxygen atoms in total. The van der Waals surface area contributed by atoms with E-state index in [9.17, 15) is 4.79 Å². The summed E-state index contributed by atoms with van der Waals surface area (Å²) in [7, 11) is 1.62. The number of methoxy groups -OCH3 is 1. The number of halogens is 1. The molecular weight excluding hydrogens is 332 g/mol. The van der Waals surface area contributed by atoms with E-state index < -0.39 is 0 Å². The minimum absolute atomic E-state index is 0.0842. The predicted octanol–water partition coefficient (Wildman–Crippen LogP) is 3.48. The number of amides is 1. The van der Waals surface area contributed by atoms with Crippen molar-refractivity contribution in [3.63, 3.8) is 0 Å². The van der Waals surface area contributed by atoms with Gasteiger partial charge in [0.2, 0.25) is 5.91 Å². The molecule has 1 unspecified atom stereocenters. The minimum atomic E-state index is -0.317. The maximum atomic E-state index is 12.8. The quantitative estimate of drug-likeness (QED) is 0.869. The Morgan fingerprint density at radius 1 is 1.52 bits per heavy atom. The van der Waals surface area contributed by atoms with Crippen LogP contribution in [0.4, 0.5) is 5.69 Å². The van der Waals surface area contributed by atoms with E-state index in [-0.39, 0.29) is 11.3 Å². The highest BCUT2D eigenvalue weighted by atomic mass is 79.9. The van der Waals surface area contributed by atoms with E-state index >= 15 is 0 Å². The highest BCUT2D eigenvalue weighted by Crippen LogP contribution is 2.36. The zero-order chi connectivity index (χ0) is 15.5. The third-order valence-corrected chi connectivity index (χ3v) is 4.81. The van der Waals surface area contributed by atoms with Gasteiger partial charge in [-0.2, -0.15) is 0 Å². The van der Waals surface area contributed by atoms with Gasteiger partial charge in [-0.1, -0.05) is 22.9 Å². The Morgan fingerprint density at radius 3 is 2.86 bits per heavy atom. The summed E-state index contributed by atoms with van der Waals surface area (Å²) in [5.41, 5.74) is 1.44. The Morgan fingerprint density at radius 2 is 2.29 bits per heavy atom. The second-order valence-corrected chi connectivity index (χ2v) is 6.58. The van der Waals surface area contributed by atoms with Gasteiger partial charge in [0.1, 0.15) is 5.75 Å². The lowest BCUT2D eigenvalue weighted by molar-refractivity contribution is -0.126. The molecule has 5 heteroatoms. The molecule has 0 aromatic heterocycles. The zero-order valence-corrected chi connectivity index (χ0v) is 14.5. The van der Waals surface area contributed by atoms with Crippen molar-refractivity contribution in [3.05, 3.63) is 22.2 Å². The molecular formula is C16H23BrN2O2. The highest BCUT2D eigenvalue weighted by Gasteiger charge is 2.38. The van der Waals surface area contributed by atoms with Crippen LogP contribution in [-0.2, 0) is 4.79 Å². The molecule has 1 aliphatic heterocycles. The lowest BCUT2D eigenvalue weighted by Crippen LogP contribution is -2.47. The molecule has 1 fully saturated rings. The van der Waals surface area contributed by atoms with E-state index in [1.165, 1.54) is 0 Å². The monoisotopic (exact) mass is 354 g/mol. The summed E-state index contributed by atoms with van der Waals surface area (Å²) in [5.74, 6) is 0.770. The lowest BCUT2D eigenvalue weighted by Gasteiger charge is -2.35. The number of hydrogen-bond donors (Lipinski definition) is 2. The van der Waals surface area contributed by atoms with Crippen LogP contribution in [0.25, 0.3) is 0 Å². The van der Waals surface area contributed by atoms with Crippen molar-refractivity contribution in [1.29, 1.82) is 0 Å². The first-order chi connectivity index (χ1) is 10.0. The third-order valence-electron chi connectivity index (χ3n) is 4.35. The van der Waals surface area contributed by atoms with Crippen LogP contribution in [0.3, 0.4) is 0 Å². The predicted molar refractivity (Wildman–Crippen MR) is 88.9 cm³/mol. The molecule has 0 saturated carbocycles. The SMILES string of the molecule is CCC1(C(=O)Nc2c(C)cc(Br)cc2OC)CCCNC1. The van der Waals surface area contributed by atoms with Crippen molar-refractivity contribution < 1.29 is 9.53 Å². The Balaban J connectivity index is 2.26. The number of hydrogen-bond acceptors (Lipinski definition) is 3. The van der Waals surface area contributed by atoms with Gasteiger partial charge >= 0.3 is 0 Å². The van der Waals surface area contributed by atoms with Crippen LogP contribution in [0, 0.1) is 12.3 Å². The van der Waals surface area contributed by atoms with Gasteiger partial charge in [0.25, 0.3) is 0 Å². The van der Waals surface area contributed by atoms with Crippen LogP contribution in [0.1, 0.15) is 31.7 Å². The second kappa shape index (κ2) is 6.79. The van der Waals surface area contributed by atoms with Gasteiger partial charge in [-0.05, 0) is 50.4 Å². The number of piperidine rings is 1. The van der Waals surface area contributed by atoms with Gasteiger partial charge in [-0.25, -0.2) is 0 Å². The first kappa shape index (κ1) is 16.3. The summed E-state index contributed by atoms with van der Waals surface area (Å²) in [6, 6.07) is 3.86. The smallest absolute Gasteiger partial charge is 0.231 e. The number of nitrogens with one attached hydrogen (secondary N) is 2. The summed E-state index contributed by atoms with van der Waals surface area (Å²) in [4.78, 5) is 12.8. The molecule has 116 valence electrons. The maximum absolute atomic E-state index is 12.8. The van der Waals surface area contributed by atoms with E-state index in [0.717, 1.165) is 48.1 Å². The van der Waals surface area contributed by atoms with Crippen molar-refractivity contribution in [1.82, 2.24) is 5.32 Å². The van der Waals surface area contributed by atoms with Crippen LogP contribution >= 0.6 is 15.9 Å².